The lowest BCUT2D eigenvalue weighted by molar-refractivity contribution is -0.127. The minimum Gasteiger partial charge on any atom is -0.422 e. The molecule has 6 heteroatoms. The van der Waals surface area contributed by atoms with E-state index in [0.717, 1.165) is 5.56 Å². The van der Waals surface area contributed by atoms with E-state index >= 15 is 0 Å². The van der Waals surface area contributed by atoms with Crippen molar-refractivity contribution in [3.8, 4) is 5.75 Å². The Morgan fingerprint density at radius 2 is 2.14 bits per heavy atom. The summed E-state index contributed by atoms with van der Waals surface area (Å²) in [6.07, 6.45) is 1.68. The van der Waals surface area contributed by atoms with Crippen molar-refractivity contribution in [2.75, 3.05) is 11.9 Å². The average Bonchev–Trinajstić information content (AvgIpc) is 3.04. The molecule has 0 saturated heterocycles. The zero-order valence-electron chi connectivity index (χ0n) is 11.5. The lowest BCUT2D eigenvalue weighted by atomic mass is 10.1. The van der Waals surface area contributed by atoms with Crippen LogP contribution in [-0.4, -0.2) is 23.9 Å². The molecule has 5 nitrogen and oxygen atoms in total. The molecule has 0 radical (unpaired) electrons. The number of nitrogens with zero attached hydrogens (tertiary/aromatic N) is 2. The van der Waals surface area contributed by atoms with Crippen LogP contribution in [0.15, 0.2) is 29.6 Å². The highest BCUT2D eigenvalue weighted by atomic mass is 32.1. The second-order valence-corrected chi connectivity index (χ2v) is 5.41. The van der Waals surface area contributed by atoms with Crippen LogP contribution in [0.4, 0.5) is 5.13 Å². The molecule has 2 heterocycles. The predicted octanol–water partition coefficient (Wildman–Crippen LogP) is 2.59. The van der Waals surface area contributed by atoms with Crippen LogP contribution in [0.2, 0.25) is 0 Å². The summed E-state index contributed by atoms with van der Waals surface area (Å²) in [6, 6.07) is 7.26. The number of esters is 1. The first-order valence-corrected chi connectivity index (χ1v) is 7.17. The van der Waals surface area contributed by atoms with Crippen molar-refractivity contribution < 1.29 is 14.3 Å². The number of carbonyl (C=O) groups is 2. The van der Waals surface area contributed by atoms with Gasteiger partial charge in [-0.25, -0.2) is 9.78 Å². The van der Waals surface area contributed by atoms with Gasteiger partial charge in [0.1, 0.15) is 5.75 Å². The number of amides is 1. The van der Waals surface area contributed by atoms with Gasteiger partial charge in [0.25, 0.3) is 0 Å². The highest BCUT2D eigenvalue weighted by Crippen LogP contribution is 2.35. The Kier molecular flexibility index (Phi) is 3.31. The molecule has 0 saturated carbocycles. The fourth-order valence-electron chi connectivity index (χ4n) is 1.96. The van der Waals surface area contributed by atoms with Crippen LogP contribution in [0.3, 0.4) is 0 Å². The SMILES string of the molecule is CC(=O)N(C)c1nc(/C=C2/C(=O)Oc3ccccc32)cs1. The standard InChI is InChI=1S/C15H12N2O3S/c1-9(18)17(2)15-16-10(8-21-15)7-12-11-5-3-4-6-13(11)20-14(12)19/h3-8H,1-2H3/b12-7+. The number of fused-ring (bicyclic) bond motifs is 1. The molecule has 1 aromatic carbocycles. The summed E-state index contributed by atoms with van der Waals surface area (Å²) in [4.78, 5) is 29.0. The van der Waals surface area contributed by atoms with E-state index in [0.29, 0.717) is 22.1 Å². The Hall–Kier alpha value is -2.47. The molecule has 0 spiro atoms. The number of benzene rings is 1. The molecular weight excluding hydrogens is 288 g/mol. The lowest BCUT2D eigenvalue weighted by Gasteiger charge is -2.09. The molecular formula is C15H12N2O3S. The summed E-state index contributed by atoms with van der Waals surface area (Å²) in [5.74, 6) is 0.0879. The zero-order chi connectivity index (χ0) is 15.0. The van der Waals surface area contributed by atoms with Gasteiger partial charge < -0.3 is 4.74 Å². The maximum atomic E-state index is 11.9. The molecule has 0 N–H and O–H groups in total. The van der Waals surface area contributed by atoms with Gasteiger partial charge >= 0.3 is 5.97 Å². The van der Waals surface area contributed by atoms with Crippen LogP contribution >= 0.6 is 11.3 Å². The van der Waals surface area contributed by atoms with Gasteiger partial charge in [-0.05, 0) is 12.1 Å². The normalized spacial score (nSPS) is 15.0. The molecule has 1 amide bonds. The van der Waals surface area contributed by atoms with Crippen LogP contribution in [-0.2, 0) is 9.59 Å². The maximum Gasteiger partial charge on any atom is 0.344 e. The van der Waals surface area contributed by atoms with Crippen molar-refractivity contribution in [2.24, 2.45) is 0 Å². The fourth-order valence-corrected chi connectivity index (χ4v) is 2.75. The van der Waals surface area contributed by atoms with E-state index in [-0.39, 0.29) is 11.9 Å². The highest BCUT2D eigenvalue weighted by molar-refractivity contribution is 7.14. The third kappa shape index (κ3) is 2.45. The molecule has 1 aliphatic heterocycles. The highest BCUT2D eigenvalue weighted by Gasteiger charge is 2.26. The van der Waals surface area contributed by atoms with Crippen molar-refractivity contribution in [3.05, 3.63) is 40.9 Å². The summed E-state index contributed by atoms with van der Waals surface area (Å²) < 4.78 is 5.19. The Balaban J connectivity index is 1.96. The van der Waals surface area contributed by atoms with Crippen LogP contribution in [0.1, 0.15) is 18.2 Å². The van der Waals surface area contributed by atoms with E-state index in [2.05, 4.69) is 4.98 Å². The number of rotatable bonds is 2. The first kappa shape index (κ1) is 13.5. The molecule has 2 aromatic rings. The van der Waals surface area contributed by atoms with Gasteiger partial charge in [-0.2, -0.15) is 0 Å². The van der Waals surface area contributed by atoms with Crippen molar-refractivity contribution >= 4 is 40.0 Å². The zero-order valence-corrected chi connectivity index (χ0v) is 12.3. The summed E-state index contributed by atoms with van der Waals surface area (Å²) in [7, 11) is 1.66. The predicted molar refractivity (Wildman–Crippen MR) is 81.1 cm³/mol. The molecule has 0 unspecified atom stereocenters. The van der Waals surface area contributed by atoms with Crippen molar-refractivity contribution in [1.82, 2.24) is 4.98 Å². The molecule has 3 rings (SSSR count). The summed E-state index contributed by atoms with van der Waals surface area (Å²) in [6.45, 7) is 1.48. The second kappa shape index (κ2) is 5.14. The topological polar surface area (TPSA) is 59.5 Å². The number of anilines is 1. The van der Waals surface area contributed by atoms with Crippen LogP contribution < -0.4 is 9.64 Å². The maximum absolute atomic E-state index is 11.9. The van der Waals surface area contributed by atoms with E-state index in [1.165, 1.54) is 23.2 Å². The van der Waals surface area contributed by atoms with E-state index in [1.807, 2.05) is 18.2 Å². The van der Waals surface area contributed by atoms with Gasteiger partial charge in [-0.3, -0.25) is 9.69 Å². The Morgan fingerprint density at radius 1 is 1.38 bits per heavy atom. The molecule has 21 heavy (non-hydrogen) atoms. The van der Waals surface area contributed by atoms with Gasteiger partial charge in [0.2, 0.25) is 5.91 Å². The Bertz CT molecular complexity index is 764. The van der Waals surface area contributed by atoms with Gasteiger partial charge in [0.05, 0.1) is 11.3 Å². The van der Waals surface area contributed by atoms with Gasteiger partial charge in [0.15, 0.2) is 5.13 Å². The molecule has 1 aliphatic rings. The number of carbonyl (C=O) groups excluding carboxylic acids is 2. The Labute approximate surface area is 125 Å². The molecule has 0 bridgehead atoms. The van der Waals surface area contributed by atoms with Crippen LogP contribution in [0.25, 0.3) is 11.6 Å². The van der Waals surface area contributed by atoms with Crippen molar-refractivity contribution in [1.29, 1.82) is 0 Å². The quantitative estimate of drug-likeness (QED) is 0.486. The van der Waals surface area contributed by atoms with Crippen molar-refractivity contribution in [3.63, 3.8) is 0 Å². The summed E-state index contributed by atoms with van der Waals surface area (Å²) in [5, 5.41) is 2.39. The van der Waals surface area contributed by atoms with Crippen molar-refractivity contribution in [2.45, 2.75) is 6.92 Å². The number of ether oxygens (including phenoxy) is 1. The van der Waals surface area contributed by atoms with Gasteiger partial charge in [-0.15, -0.1) is 11.3 Å². The fraction of sp³-hybridized carbons (Fsp3) is 0.133. The lowest BCUT2D eigenvalue weighted by Crippen LogP contribution is -2.22. The largest absolute Gasteiger partial charge is 0.422 e. The molecule has 0 fully saturated rings. The minimum atomic E-state index is -0.384. The Morgan fingerprint density at radius 3 is 2.90 bits per heavy atom. The number of hydrogen-bond acceptors (Lipinski definition) is 5. The third-order valence-corrected chi connectivity index (χ3v) is 4.10. The van der Waals surface area contributed by atoms with Crippen LogP contribution in [0, 0.1) is 0 Å². The molecule has 0 atom stereocenters. The van der Waals surface area contributed by atoms with E-state index in [9.17, 15) is 9.59 Å². The van der Waals surface area contributed by atoms with E-state index in [4.69, 9.17) is 4.74 Å². The van der Waals surface area contributed by atoms with Gasteiger partial charge in [-0.1, -0.05) is 18.2 Å². The van der Waals surface area contributed by atoms with E-state index in [1.54, 1.807) is 24.6 Å². The average molecular weight is 300 g/mol. The molecule has 1 aromatic heterocycles. The second-order valence-electron chi connectivity index (χ2n) is 4.58. The molecule has 106 valence electrons. The van der Waals surface area contributed by atoms with Crippen LogP contribution in [0.5, 0.6) is 5.75 Å². The third-order valence-electron chi connectivity index (χ3n) is 3.16. The summed E-state index contributed by atoms with van der Waals surface area (Å²) >= 11 is 1.35. The summed E-state index contributed by atoms with van der Waals surface area (Å²) in [5.41, 5.74) is 1.87. The minimum absolute atomic E-state index is 0.0887. The first-order chi connectivity index (χ1) is 10.1. The monoisotopic (exact) mass is 300 g/mol. The van der Waals surface area contributed by atoms with Gasteiger partial charge in [0, 0.05) is 24.9 Å². The number of hydrogen-bond donors (Lipinski definition) is 0. The number of aromatic nitrogens is 1. The smallest absolute Gasteiger partial charge is 0.344 e. The first-order valence-electron chi connectivity index (χ1n) is 6.29. The number of para-hydroxylation sites is 1. The molecule has 0 aliphatic carbocycles. The number of thiazole rings is 1. The van der Waals surface area contributed by atoms with E-state index < -0.39 is 0 Å².